The van der Waals surface area contributed by atoms with Gasteiger partial charge < -0.3 is 9.22 Å². The van der Waals surface area contributed by atoms with Crippen LogP contribution in [0, 0.1) is 11.8 Å². The van der Waals surface area contributed by atoms with Gasteiger partial charge in [0, 0.05) is 35.9 Å². The molecule has 0 unspecified atom stereocenters. The molecule has 0 spiro atoms. The van der Waals surface area contributed by atoms with Crippen LogP contribution in [0.25, 0.3) is 32.4 Å². The van der Waals surface area contributed by atoms with E-state index in [1.165, 1.54) is 50.0 Å². The van der Waals surface area contributed by atoms with Gasteiger partial charge in [0.15, 0.2) is 0 Å². The van der Waals surface area contributed by atoms with E-state index >= 15 is 0 Å². The normalized spacial score (nSPS) is 23.7. The standard InChI is InChI=1S/C41H39N2O/c1-2-30-26-43(27-38-34-16-8-6-14-32(34)24-33-15-7-9-17-35(33)38)23-21-31(30)25-40(43)41(44-28-29-12-4-3-5-13-29)37-20-22-42-39-19-11-10-18-36(37)39/h2-20,22,24,30-31,40-41H,1,21,23,25-28H2/q+1/t30-,31-,40-,41+,43-/m0/s1. The minimum absolute atomic E-state index is 0.0575. The van der Waals surface area contributed by atoms with Crippen molar-refractivity contribution >= 4 is 32.4 Å². The van der Waals surface area contributed by atoms with Crippen LogP contribution in [0.4, 0.5) is 0 Å². The molecule has 3 saturated heterocycles. The Hall–Kier alpha value is -4.31. The predicted molar refractivity (Wildman–Crippen MR) is 181 cm³/mol. The smallest absolute Gasteiger partial charge is 0.135 e. The van der Waals surface area contributed by atoms with Crippen LogP contribution in [0.15, 0.2) is 134 Å². The number of fused-ring (bicyclic) bond motifs is 6. The molecule has 218 valence electrons. The molecule has 0 amide bonds. The third kappa shape index (κ3) is 4.72. The van der Waals surface area contributed by atoms with Crippen molar-refractivity contribution in [3.8, 4) is 0 Å². The quantitative estimate of drug-likeness (QED) is 0.102. The summed E-state index contributed by atoms with van der Waals surface area (Å²) in [5, 5.41) is 6.58. The van der Waals surface area contributed by atoms with Crippen molar-refractivity contribution < 1.29 is 9.22 Å². The van der Waals surface area contributed by atoms with Crippen LogP contribution in [0.2, 0.25) is 0 Å². The van der Waals surface area contributed by atoms with Crippen molar-refractivity contribution in [1.29, 1.82) is 0 Å². The second-order valence-electron chi connectivity index (χ2n) is 13.0. The molecule has 44 heavy (non-hydrogen) atoms. The highest BCUT2D eigenvalue weighted by Gasteiger charge is 2.55. The van der Waals surface area contributed by atoms with E-state index in [9.17, 15) is 0 Å². The van der Waals surface area contributed by atoms with Gasteiger partial charge in [0.2, 0.25) is 0 Å². The summed E-state index contributed by atoms with van der Waals surface area (Å²) >= 11 is 0. The highest BCUT2D eigenvalue weighted by molar-refractivity contribution is 6.02. The lowest BCUT2D eigenvalue weighted by Crippen LogP contribution is -2.67. The van der Waals surface area contributed by atoms with E-state index in [1.54, 1.807) is 0 Å². The number of hydrogen-bond acceptors (Lipinski definition) is 2. The maximum Gasteiger partial charge on any atom is 0.135 e. The Morgan fingerprint density at radius 3 is 2.25 bits per heavy atom. The molecule has 1 aromatic heterocycles. The Balaban J connectivity index is 1.30. The maximum atomic E-state index is 7.15. The minimum Gasteiger partial charge on any atom is -0.363 e. The Bertz CT molecular complexity index is 1910. The zero-order chi connectivity index (χ0) is 29.5. The molecule has 4 heterocycles. The number of piperidine rings is 3. The monoisotopic (exact) mass is 575 g/mol. The number of ether oxygens (including phenoxy) is 1. The third-order valence-electron chi connectivity index (χ3n) is 10.6. The third-order valence-corrected chi connectivity index (χ3v) is 10.6. The minimum atomic E-state index is -0.0575. The van der Waals surface area contributed by atoms with Crippen LogP contribution in [0.5, 0.6) is 0 Å². The number of nitrogens with zero attached hydrogens (tertiary/aromatic N) is 2. The van der Waals surface area contributed by atoms with E-state index in [4.69, 9.17) is 9.72 Å². The molecular formula is C41H39N2O+. The fourth-order valence-corrected chi connectivity index (χ4v) is 8.49. The van der Waals surface area contributed by atoms with Gasteiger partial charge >= 0.3 is 0 Å². The molecule has 3 aliphatic rings. The first-order valence-electron chi connectivity index (χ1n) is 16.1. The van der Waals surface area contributed by atoms with Crippen LogP contribution in [0.3, 0.4) is 0 Å². The Kier molecular flexibility index (Phi) is 7.01. The zero-order valence-corrected chi connectivity index (χ0v) is 25.2. The summed E-state index contributed by atoms with van der Waals surface area (Å²) in [6.45, 7) is 8.17. The molecule has 0 N–H and O–H groups in total. The van der Waals surface area contributed by atoms with Gasteiger partial charge in [-0.3, -0.25) is 4.98 Å². The molecule has 5 atom stereocenters. The molecular weight excluding hydrogens is 536 g/mol. The number of rotatable bonds is 8. The van der Waals surface area contributed by atoms with Crippen molar-refractivity contribution in [2.75, 3.05) is 13.1 Å². The van der Waals surface area contributed by atoms with Crippen LogP contribution in [-0.2, 0) is 17.9 Å². The highest BCUT2D eigenvalue weighted by atomic mass is 16.5. The second kappa shape index (κ2) is 11.3. The Labute approximate surface area is 260 Å². The average Bonchev–Trinajstić information content (AvgIpc) is 3.09. The summed E-state index contributed by atoms with van der Waals surface area (Å²) in [4.78, 5) is 4.74. The second-order valence-corrected chi connectivity index (χ2v) is 13.0. The molecule has 6 aromatic rings. The number of hydrogen-bond donors (Lipinski definition) is 0. The van der Waals surface area contributed by atoms with Crippen molar-refractivity contribution in [3.05, 3.63) is 151 Å². The molecule has 0 saturated carbocycles. The van der Waals surface area contributed by atoms with Gasteiger partial charge in [-0.05, 0) is 56.8 Å². The first-order valence-corrected chi connectivity index (χ1v) is 16.1. The van der Waals surface area contributed by atoms with Gasteiger partial charge in [0.25, 0.3) is 0 Å². The van der Waals surface area contributed by atoms with Gasteiger partial charge in [0.1, 0.15) is 18.7 Å². The number of aromatic nitrogens is 1. The summed E-state index contributed by atoms with van der Waals surface area (Å²) in [6.07, 6.45) is 6.53. The van der Waals surface area contributed by atoms with Crippen LogP contribution in [0.1, 0.15) is 35.6 Å². The van der Waals surface area contributed by atoms with Gasteiger partial charge in [0.05, 0.1) is 25.2 Å². The lowest BCUT2D eigenvalue weighted by atomic mass is 9.70. The first kappa shape index (κ1) is 27.3. The van der Waals surface area contributed by atoms with Gasteiger partial charge in [-0.1, -0.05) is 103 Å². The van der Waals surface area contributed by atoms with Gasteiger partial charge in [-0.25, -0.2) is 0 Å². The highest BCUT2D eigenvalue weighted by Crippen LogP contribution is 2.50. The number of quaternary nitrogens is 1. The molecule has 3 aliphatic heterocycles. The lowest BCUT2D eigenvalue weighted by molar-refractivity contribution is -0.984. The number of benzene rings is 5. The lowest BCUT2D eigenvalue weighted by Gasteiger charge is -2.58. The maximum absolute atomic E-state index is 7.15. The topological polar surface area (TPSA) is 22.1 Å². The Morgan fingerprint density at radius 2 is 1.50 bits per heavy atom. The van der Waals surface area contributed by atoms with E-state index in [-0.39, 0.29) is 6.10 Å². The average molecular weight is 576 g/mol. The van der Waals surface area contributed by atoms with Crippen LogP contribution in [-0.4, -0.2) is 28.6 Å². The molecule has 5 aromatic carbocycles. The molecule has 0 aliphatic carbocycles. The van der Waals surface area contributed by atoms with E-state index in [2.05, 4.69) is 128 Å². The SMILES string of the molecule is C=C[C@H]1C[N@+]2(Cc3c4ccccc4cc4ccccc34)CC[C@H]1C[C@H]2[C@H](OCc1ccccc1)c1ccnc2ccccc12. The molecule has 0 radical (unpaired) electrons. The summed E-state index contributed by atoms with van der Waals surface area (Å²) in [5.74, 6) is 1.16. The fraction of sp³-hybridized carbons (Fsp3) is 0.244. The summed E-state index contributed by atoms with van der Waals surface area (Å²) < 4.78 is 8.17. The molecule has 2 bridgehead atoms. The predicted octanol–water partition coefficient (Wildman–Crippen LogP) is 9.41. The molecule has 3 heteroatoms. The number of pyridine rings is 1. The fourth-order valence-electron chi connectivity index (χ4n) is 8.49. The van der Waals surface area contributed by atoms with Crippen LogP contribution < -0.4 is 0 Å². The van der Waals surface area contributed by atoms with Gasteiger partial charge in [-0.15, -0.1) is 6.58 Å². The van der Waals surface area contributed by atoms with Crippen molar-refractivity contribution in [1.82, 2.24) is 4.98 Å². The van der Waals surface area contributed by atoms with Crippen molar-refractivity contribution in [3.63, 3.8) is 0 Å². The zero-order valence-electron chi connectivity index (χ0n) is 25.2. The van der Waals surface area contributed by atoms with E-state index < -0.39 is 0 Å². The largest absolute Gasteiger partial charge is 0.363 e. The summed E-state index contributed by atoms with van der Waals surface area (Å²) in [5.41, 5.74) is 4.97. The summed E-state index contributed by atoms with van der Waals surface area (Å²) in [6, 6.07) is 42.0. The van der Waals surface area contributed by atoms with E-state index in [1.807, 2.05) is 6.20 Å². The summed E-state index contributed by atoms with van der Waals surface area (Å²) in [7, 11) is 0. The number of para-hydroxylation sites is 1. The Morgan fingerprint density at radius 1 is 0.818 bits per heavy atom. The molecule has 3 nitrogen and oxygen atoms in total. The van der Waals surface area contributed by atoms with Crippen molar-refractivity contribution in [2.45, 2.75) is 38.1 Å². The van der Waals surface area contributed by atoms with Gasteiger partial charge in [-0.2, -0.15) is 0 Å². The van der Waals surface area contributed by atoms with Crippen molar-refractivity contribution in [2.24, 2.45) is 11.8 Å². The molecule has 3 fully saturated rings. The van der Waals surface area contributed by atoms with Crippen LogP contribution >= 0.6 is 0 Å². The van der Waals surface area contributed by atoms with E-state index in [0.717, 1.165) is 36.1 Å². The first-order chi connectivity index (χ1) is 21.7. The van der Waals surface area contributed by atoms with E-state index in [0.29, 0.717) is 24.5 Å². The molecule has 9 rings (SSSR count).